The van der Waals surface area contributed by atoms with Gasteiger partial charge in [0, 0.05) is 23.2 Å². The van der Waals surface area contributed by atoms with Gasteiger partial charge >= 0.3 is 0 Å². The Kier molecular flexibility index (Phi) is 7.59. The number of unbranched alkanes of at least 4 members (excludes halogenated alkanes) is 1. The van der Waals surface area contributed by atoms with Gasteiger partial charge in [0.15, 0.2) is 0 Å². The van der Waals surface area contributed by atoms with Crippen LogP contribution in [0.3, 0.4) is 0 Å². The van der Waals surface area contributed by atoms with Crippen LogP contribution >= 0.6 is 23.2 Å². The van der Waals surface area contributed by atoms with E-state index < -0.39 is 0 Å². The average molecular weight is 304 g/mol. The van der Waals surface area contributed by atoms with E-state index in [0.29, 0.717) is 22.6 Å². The molecule has 1 unspecified atom stereocenters. The third kappa shape index (κ3) is 5.60. The molecule has 0 bridgehead atoms. The Balaban J connectivity index is 2.62. The van der Waals surface area contributed by atoms with E-state index in [1.807, 2.05) is 0 Å². The van der Waals surface area contributed by atoms with Gasteiger partial charge in [0.2, 0.25) is 0 Å². The van der Waals surface area contributed by atoms with Crippen molar-refractivity contribution in [2.24, 2.45) is 0 Å². The molecule has 0 amide bonds. The fourth-order valence-electron chi connectivity index (χ4n) is 2.16. The number of nitrogens with one attached hydrogen (secondary N) is 1. The first-order chi connectivity index (χ1) is 9.08. The van der Waals surface area contributed by atoms with Crippen molar-refractivity contribution in [3.8, 4) is 5.75 Å². The van der Waals surface area contributed by atoms with Crippen molar-refractivity contribution in [3.05, 3.63) is 27.7 Å². The molecule has 1 rings (SSSR count). The smallest absolute Gasteiger partial charge is 0.138 e. The molecule has 0 saturated carbocycles. The maximum absolute atomic E-state index is 9.91. The Labute approximate surface area is 126 Å². The molecule has 1 aromatic carbocycles. The van der Waals surface area contributed by atoms with Crippen LogP contribution in [-0.2, 0) is 6.54 Å². The van der Waals surface area contributed by atoms with Crippen molar-refractivity contribution in [3.63, 3.8) is 0 Å². The first-order valence-corrected chi connectivity index (χ1v) is 7.74. The third-order valence-electron chi connectivity index (χ3n) is 3.23. The SMILES string of the molecule is CCCCC(CCC)NCc1cc(Cl)cc(Cl)c1O. The average Bonchev–Trinajstić information content (AvgIpc) is 2.38. The predicted octanol–water partition coefficient (Wildman–Crippen LogP) is 5.15. The van der Waals surface area contributed by atoms with Gasteiger partial charge in [0.05, 0.1) is 5.02 Å². The topological polar surface area (TPSA) is 32.3 Å². The number of hydrogen-bond donors (Lipinski definition) is 2. The Bertz CT molecular complexity index is 396. The molecule has 4 heteroatoms. The van der Waals surface area contributed by atoms with Gasteiger partial charge in [-0.25, -0.2) is 0 Å². The number of aromatic hydroxyl groups is 1. The van der Waals surface area contributed by atoms with Crippen LogP contribution in [0.15, 0.2) is 12.1 Å². The van der Waals surface area contributed by atoms with E-state index in [4.69, 9.17) is 23.2 Å². The van der Waals surface area contributed by atoms with Gasteiger partial charge in [-0.2, -0.15) is 0 Å². The summed E-state index contributed by atoms with van der Waals surface area (Å²) in [6, 6.07) is 3.81. The van der Waals surface area contributed by atoms with Crippen LogP contribution in [0.5, 0.6) is 5.75 Å². The second-order valence-electron chi connectivity index (χ2n) is 4.90. The highest BCUT2D eigenvalue weighted by atomic mass is 35.5. The number of hydrogen-bond acceptors (Lipinski definition) is 2. The van der Waals surface area contributed by atoms with Crippen LogP contribution in [0.4, 0.5) is 0 Å². The summed E-state index contributed by atoms with van der Waals surface area (Å²) >= 11 is 11.9. The number of rotatable bonds is 8. The summed E-state index contributed by atoms with van der Waals surface area (Å²) in [5.74, 6) is 0.129. The molecule has 0 heterocycles. The van der Waals surface area contributed by atoms with Crippen molar-refractivity contribution in [2.45, 2.75) is 58.5 Å². The fraction of sp³-hybridized carbons (Fsp3) is 0.600. The molecule has 2 N–H and O–H groups in total. The Morgan fingerprint density at radius 3 is 2.53 bits per heavy atom. The summed E-state index contributed by atoms with van der Waals surface area (Å²) in [6.07, 6.45) is 5.90. The monoisotopic (exact) mass is 303 g/mol. The second kappa shape index (κ2) is 8.68. The molecule has 0 aliphatic carbocycles. The Hall–Kier alpha value is -0.440. The lowest BCUT2D eigenvalue weighted by Gasteiger charge is -2.18. The van der Waals surface area contributed by atoms with E-state index in [-0.39, 0.29) is 5.75 Å². The number of benzene rings is 1. The van der Waals surface area contributed by atoms with Gasteiger partial charge in [0.25, 0.3) is 0 Å². The van der Waals surface area contributed by atoms with Crippen molar-refractivity contribution in [2.75, 3.05) is 0 Å². The summed E-state index contributed by atoms with van der Waals surface area (Å²) in [7, 11) is 0. The minimum atomic E-state index is 0.129. The first-order valence-electron chi connectivity index (χ1n) is 6.98. The largest absolute Gasteiger partial charge is 0.506 e. The molecule has 108 valence electrons. The molecule has 0 radical (unpaired) electrons. The maximum atomic E-state index is 9.91. The quantitative estimate of drug-likeness (QED) is 0.696. The molecule has 0 aliphatic heterocycles. The van der Waals surface area contributed by atoms with Crippen molar-refractivity contribution in [1.82, 2.24) is 5.32 Å². The van der Waals surface area contributed by atoms with Crippen LogP contribution in [0, 0.1) is 0 Å². The fourth-order valence-corrected chi connectivity index (χ4v) is 2.69. The molecule has 0 aromatic heterocycles. The van der Waals surface area contributed by atoms with E-state index in [1.165, 1.54) is 19.3 Å². The van der Waals surface area contributed by atoms with E-state index in [0.717, 1.165) is 18.4 Å². The molecular weight excluding hydrogens is 281 g/mol. The van der Waals surface area contributed by atoms with Gasteiger partial charge in [-0.3, -0.25) is 0 Å². The van der Waals surface area contributed by atoms with Crippen LogP contribution < -0.4 is 5.32 Å². The Morgan fingerprint density at radius 2 is 1.89 bits per heavy atom. The number of halogens is 2. The second-order valence-corrected chi connectivity index (χ2v) is 5.75. The van der Waals surface area contributed by atoms with Crippen molar-refractivity contribution in [1.29, 1.82) is 0 Å². The highest BCUT2D eigenvalue weighted by Gasteiger charge is 2.11. The Morgan fingerprint density at radius 1 is 1.16 bits per heavy atom. The van der Waals surface area contributed by atoms with E-state index >= 15 is 0 Å². The lowest BCUT2D eigenvalue weighted by Crippen LogP contribution is -2.28. The van der Waals surface area contributed by atoms with Gasteiger partial charge in [-0.1, -0.05) is 56.3 Å². The van der Waals surface area contributed by atoms with Crippen LogP contribution in [0.2, 0.25) is 10.0 Å². The molecule has 0 saturated heterocycles. The van der Waals surface area contributed by atoms with Gasteiger partial charge in [-0.15, -0.1) is 0 Å². The molecule has 1 aromatic rings. The molecule has 19 heavy (non-hydrogen) atoms. The summed E-state index contributed by atoms with van der Waals surface area (Å²) in [5, 5.41) is 14.3. The summed E-state index contributed by atoms with van der Waals surface area (Å²) in [6.45, 7) is 4.99. The lowest BCUT2D eigenvalue weighted by atomic mass is 10.0. The minimum Gasteiger partial charge on any atom is -0.506 e. The standard InChI is InChI=1S/C15H23Cl2NO/c1-3-5-7-13(6-4-2)18-10-11-8-12(16)9-14(17)15(11)19/h8-9,13,18-19H,3-7,10H2,1-2H3. The summed E-state index contributed by atoms with van der Waals surface area (Å²) < 4.78 is 0. The van der Waals surface area contributed by atoms with Crippen molar-refractivity contribution >= 4 is 23.2 Å². The zero-order chi connectivity index (χ0) is 14.3. The van der Waals surface area contributed by atoms with Crippen LogP contribution in [-0.4, -0.2) is 11.1 Å². The molecule has 0 spiro atoms. The maximum Gasteiger partial charge on any atom is 0.138 e. The van der Waals surface area contributed by atoms with E-state index in [2.05, 4.69) is 19.2 Å². The zero-order valence-corrected chi connectivity index (χ0v) is 13.2. The summed E-state index contributed by atoms with van der Waals surface area (Å²) in [4.78, 5) is 0. The highest BCUT2D eigenvalue weighted by Crippen LogP contribution is 2.31. The molecular formula is C15H23Cl2NO. The zero-order valence-electron chi connectivity index (χ0n) is 11.7. The molecule has 1 atom stereocenters. The highest BCUT2D eigenvalue weighted by molar-refractivity contribution is 6.35. The van der Waals surface area contributed by atoms with Gasteiger partial charge < -0.3 is 10.4 Å². The van der Waals surface area contributed by atoms with Crippen LogP contribution in [0.1, 0.15) is 51.5 Å². The summed E-state index contributed by atoms with van der Waals surface area (Å²) in [5.41, 5.74) is 0.759. The normalized spacial score (nSPS) is 12.6. The first kappa shape index (κ1) is 16.6. The van der Waals surface area contributed by atoms with Gasteiger partial charge in [-0.05, 0) is 25.0 Å². The predicted molar refractivity (Wildman–Crippen MR) is 83.2 cm³/mol. The van der Waals surface area contributed by atoms with Crippen molar-refractivity contribution < 1.29 is 5.11 Å². The molecule has 0 fully saturated rings. The van der Waals surface area contributed by atoms with Gasteiger partial charge in [0.1, 0.15) is 5.75 Å². The molecule has 0 aliphatic rings. The van der Waals surface area contributed by atoms with Crippen LogP contribution in [0.25, 0.3) is 0 Å². The third-order valence-corrected chi connectivity index (χ3v) is 3.74. The van der Waals surface area contributed by atoms with E-state index in [1.54, 1.807) is 12.1 Å². The lowest BCUT2D eigenvalue weighted by molar-refractivity contribution is 0.422. The van der Waals surface area contributed by atoms with E-state index in [9.17, 15) is 5.11 Å². The number of phenolic OH excluding ortho intramolecular Hbond substituents is 1. The molecule has 2 nitrogen and oxygen atoms in total. The minimum absolute atomic E-state index is 0.129. The number of phenols is 1.